The molecule has 24 heavy (non-hydrogen) atoms. The lowest BCUT2D eigenvalue weighted by Crippen LogP contribution is -2.15. The van der Waals surface area contributed by atoms with Crippen molar-refractivity contribution in [3.8, 4) is 0 Å². The summed E-state index contributed by atoms with van der Waals surface area (Å²) in [6.45, 7) is 0.301. The fraction of sp³-hybridized carbons (Fsp3) is 0.400. The van der Waals surface area contributed by atoms with Gasteiger partial charge in [-0.25, -0.2) is 8.78 Å². The molecule has 0 aromatic heterocycles. The van der Waals surface area contributed by atoms with Crippen molar-refractivity contribution in [1.82, 2.24) is 0 Å². The number of aliphatic hydroxyl groups excluding tert-OH is 1. The molecule has 2 aromatic carbocycles. The number of alkyl halides is 2. The lowest BCUT2D eigenvalue weighted by Gasteiger charge is -2.10. The van der Waals surface area contributed by atoms with Crippen LogP contribution < -0.4 is 0 Å². The van der Waals surface area contributed by atoms with E-state index in [0.717, 1.165) is 11.1 Å². The van der Waals surface area contributed by atoms with Crippen molar-refractivity contribution in [3.63, 3.8) is 0 Å². The molecule has 0 aliphatic heterocycles. The highest BCUT2D eigenvalue weighted by Crippen LogP contribution is 2.57. The fourth-order valence-corrected chi connectivity index (χ4v) is 3.17. The summed E-state index contributed by atoms with van der Waals surface area (Å²) in [6, 6.07) is 19.1. The monoisotopic (exact) mass is 332 g/mol. The third-order valence-electron chi connectivity index (χ3n) is 4.66. The third kappa shape index (κ3) is 4.00. The van der Waals surface area contributed by atoms with Gasteiger partial charge in [-0.2, -0.15) is 0 Å². The number of aliphatic hydroxyl groups is 1. The molecule has 1 saturated carbocycles. The molecule has 0 saturated heterocycles. The highest BCUT2D eigenvalue weighted by Gasteiger charge is 2.70. The lowest BCUT2D eigenvalue weighted by molar-refractivity contribution is 0.0325. The topological polar surface area (TPSA) is 29.5 Å². The molecule has 128 valence electrons. The molecule has 1 unspecified atom stereocenters. The molecule has 1 N–H and O–H groups in total. The fourth-order valence-electron chi connectivity index (χ4n) is 3.17. The van der Waals surface area contributed by atoms with E-state index in [-0.39, 0.29) is 6.61 Å². The van der Waals surface area contributed by atoms with Crippen molar-refractivity contribution in [1.29, 1.82) is 0 Å². The number of benzene rings is 2. The third-order valence-corrected chi connectivity index (χ3v) is 4.66. The van der Waals surface area contributed by atoms with E-state index in [9.17, 15) is 13.9 Å². The maximum atomic E-state index is 13.9. The van der Waals surface area contributed by atoms with E-state index in [4.69, 9.17) is 4.74 Å². The van der Waals surface area contributed by atoms with Crippen molar-refractivity contribution >= 4 is 0 Å². The molecular formula is C20H22F2O2. The quantitative estimate of drug-likeness (QED) is 0.789. The summed E-state index contributed by atoms with van der Waals surface area (Å²) in [5.74, 6) is -4.70. The molecule has 0 spiro atoms. The number of hydrogen-bond donors (Lipinski definition) is 1. The van der Waals surface area contributed by atoms with Crippen LogP contribution in [0.3, 0.4) is 0 Å². The Morgan fingerprint density at radius 1 is 0.958 bits per heavy atom. The largest absolute Gasteiger partial charge is 0.393 e. The minimum Gasteiger partial charge on any atom is -0.393 e. The predicted octanol–water partition coefficient (Wildman–Crippen LogP) is 4.08. The van der Waals surface area contributed by atoms with Gasteiger partial charge in [0.25, 0.3) is 5.92 Å². The molecule has 0 heterocycles. The van der Waals surface area contributed by atoms with E-state index >= 15 is 0 Å². The van der Waals surface area contributed by atoms with Crippen LogP contribution in [0.1, 0.15) is 17.5 Å². The minimum absolute atomic E-state index is 0.0189. The molecule has 2 aromatic rings. The van der Waals surface area contributed by atoms with E-state index in [1.165, 1.54) is 0 Å². The molecule has 1 fully saturated rings. The zero-order chi connectivity index (χ0) is 17.0. The Kier molecular flexibility index (Phi) is 5.27. The van der Waals surface area contributed by atoms with E-state index in [0.29, 0.717) is 19.4 Å². The molecule has 0 bridgehead atoms. The van der Waals surface area contributed by atoms with Crippen LogP contribution in [0.5, 0.6) is 0 Å². The van der Waals surface area contributed by atoms with Gasteiger partial charge >= 0.3 is 0 Å². The Bertz CT molecular complexity index is 631. The first-order valence-corrected chi connectivity index (χ1v) is 8.30. The van der Waals surface area contributed by atoms with Crippen LogP contribution in [0, 0.1) is 11.8 Å². The molecule has 0 radical (unpaired) electrons. The number of aryl methyl sites for hydroxylation is 1. The molecule has 3 atom stereocenters. The SMILES string of the molecule is OC(CCc1ccccc1)[C@@H]1[C@@H](COCc2ccccc2)C1(F)F. The van der Waals surface area contributed by atoms with Gasteiger partial charge in [-0.3, -0.25) is 0 Å². The summed E-state index contributed by atoms with van der Waals surface area (Å²) in [4.78, 5) is 0. The number of rotatable bonds is 8. The smallest absolute Gasteiger partial charge is 0.259 e. The van der Waals surface area contributed by atoms with Crippen LogP contribution in [0.4, 0.5) is 8.78 Å². The number of hydrogen-bond acceptors (Lipinski definition) is 2. The Labute approximate surface area is 141 Å². The zero-order valence-electron chi connectivity index (χ0n) is 13.4. The zero-order valence-corrected chi connectivity index (χ0v) is 13.4. The Morgan fingerprint density at radius 2 is 1.54 bits per heavy atom. The summed E-state index contributed by atoms with van der Waals surface area (Å²) in [5.41, 5.74) is 2.01. The van der Waals surface area contributed by atoms with Crippen LogP contribution in [0.15, 0.2) is 60.7 Å². The van der Waals surface area contributed by atoms with Crippen LogP contribution in [-0.2, 0) is 17.8 Å². The second-order valence-electron chi connectivity index (χ2n) is 6.40. The number of halogens is 2. The van der Waals surface area contributed by atoms with Crippen LogP contribution in [-0.4, -0.2) is 23.7 Å². The van der Waals surface area contributed by atoms with Crippen molar-refractivity contribution in [2.24, 2.45) is 11.8 Å². The number of ether oxygens (including phenoxy) is 1. The summed E-state index contributed by atoms with van der Waals surface area (Å²) in [5, 5.41) is 10.1. The predicted molar refractivity (Wildman–Crippen MR) is 88.8 cm³/mol. The van der Waals surface area contributed by atoms with Crippen LogP contribution in [0.2, 0.25) is 0 Å². The Hall–Kier alpha value is -1.78. The van der Waals surface area contributed by atoms with Gasteiger partial charge in [-0.05, 0) is 24.0 Å². The molecule has 1 aliphatic carbocycles. The second kappa shape index (κ2) is 7.41. The molecular weight excluding hydrogens is 310 g/mol. The van der Waals surface area contributed by atoms with E-state index in [2.05, 4.69) is 0 Å². The second-order valence-corrected chi connectivity index (χ2v) is 6.40. The first-order valence-electron chi connectivity index (χ1n) is 8.30. The van der Waals surface area contributed by atoms with E-state index in [1.54, 1.807) is 0 Å². The van der Waals surface area contributed by atoms with Crippen molar-refractivity contribution in [2.45, 2.75) is 31.5 Å². The molecule has 2 nitrogen and oxygen atoms in total. The van der Waals surface area contributed by atoms with Gasteiger partial charge in [0.1, 0.15) is 0 Å². The highest BCUT2D eigenvalue weighted by atomic mass is 19.3. The average molecular weight is 332 g/mol. The first-order chi connectivity index (χ1) is 11.6. The molecule has 4 heteroatoms. The maximum Gasteiger partial charge on any atom is 0.259 e. The van der Waals surface area contributed by atoms with Gasteiger partial charge < -0.3 is 9.84 Å². The van der Waals surface area contributed by atoms with Crippen molar-refractivity contribution < 1.29 is 18.6 Å². The van der Waals surface area contributed by atoms with Gasteiger partial charge in [0.2, 0.25) is 0 Å². The Balaban J connectivity index is 1.45. The Morgan fingerprint density at radius 3 is 2.17 bits per heavy atom. The van der Waals surface area contributed by atoms with Gasteiger partial charge in [0.05, 0.1) is 31.2 Å². The molecule has 3 rings (SSSR count). The van der Waals surface area contributed by atoms with Crippen LogP contribution in [0.25, 0.3) is 0 Å². The molecule has 1 aliphatic rings. The highest BCUT2D eigenvalue weighted by molar-refractivity contribution is 5.16. The molecule has 0 amide bonds. The van der Waals surface area contributed by atoms with Gasteiger partial charge in [-0.15, -0.1) is 0 Å². The summed E-state index contributed by atoms with van der Waals surface area (Å²) in [6.07, 6.45) is -0.0448. The van der Waals surface area contributed by atoms with Crippen LogP contribution >= 0.6 is 0 Å². The van der Waals surface area contributed by atoms with Gasteiger partial charge in [-0.1, -0.05) is 60.7 Å². The average Bonchev–Trinajstić information content (AvgIpc) is 3.15. The summed E-state index contributed by atoms with van der Waals surface area (Å²) in [7, 11) is 0. The first kappa shape index (κ1) is 17.1. The lowest BCUT2D eigenvalue weighted by atomic mass is 10.0. The summed E-state index contributed by atoms with van der Waals surface area (Å²) >= 11 is 0. The standard InChI is InChI=1S/C20H22F2O2/c21-20(22)17(14-24-13-16-9-5-2-6-10-16)19(20)18(23)12-11-15-7-3-1-4-8-15/h1-10,17-19,23H,11-14H2/t17-,18?,19+/m1/s1. The van der Waals surface area contributed by atoms with Crippen molar-refractivity contribution in [3.05, 3.63) is 71.8 Å². The van der Waals surface area contributed by atoms with Gasteiger partial charge in [0, 0.05) is 0 Å². The van der Waals surface area contributed by atoms with E-state index in [1.807, 2.05) is 60.7 Å². The maximum absolute atomic E-state index is 13.9. The van der Waals surface area contributed by atoms with Gasteiger partial charge in [0.15, 0.2) is 0 Å². The van der Waals surface area contributed by atoms with E-state index < -0.39 is 23.9 Å². The van der Waals surface area contributed by atoms with Crippen molar-refractivity contribution in [2.75, 3.05) is 6.61 Å². The summed E-state index contributed by atoms with van der Waals surface area (Å²) < 4.78 is 33.3. The normalized spacial score (nSPS) is 23.0. The minimum atomic E-state index is -2.83.